The summed E-state index contributed by atoms with van der Waals surface area (Å²) in [7, 11) is 0. The molecule has 0 heterocycles. The molecule has 1 nitrogen and oxygen atoms in total. The lowest BCUT2D eigenvalue weighted by Crippen LogP contribution is -1.69. The van der Waals surface area contributed by atoms with Gasteiger partial charge in [0.05, 0.1) is 0 Å². The number of aromatic hydroxyl groups is 1. The van der Waals surface area contributed by atoms with Crippen LogP contribution in [0.5, 0.6) is 5.75 Å². The minimum atomic E-state index is 0.215. The highest BCUT2D eigenvalue weighted by molar-refractivity contribution is 14.1. The van der Waals surface area contributed by atoms with Gasteiger partial charge in [0, 0.05) is 8.59 Å². The molecule has 0 bridgehead atoms. The van der Waals surface area contributed by atoms with Crippen molar-refractivity contribution >= 4 is 34.2 Å². The molecule has 0 radical (unpaired) electrons. The molecule has 0 amide bonds. The molecule has 0 aromatic heterocycles. The van der Waals surface area contributed by atoms with Gasteiger partial charge in [0.15, 0.2) is 0 Å². The predicted octanol–water partition coefficient (Wildman–Crippen LogP) is 2.65. The van der Waals surface area contributed by atoms with E-state index in [1.165, 1.54) is 6.07 Å². The van der Waals surface area contributed by atoms with Crippen molar-refractivity contribution in [1.82, 2.24) is 0 Å². The Morgan fingerprint density at radius 1 is 1.33 bits per heavy atom. The van der Waals surface area contributed by atoms with Crippen LogP contribution < -0.4 is 0 Å². The second-order valence-electron chi connectivity index (χ2n) is 1.63. The summed E-state index contributed by atoms with van der Waals surface area (Å²) in [5, 5.41) is 9.47. The average molecular weight is 254 g/mol. The van der Waals surface area contributed by atoms with Crippen LogP contribution in [0.2, 0.25) is 5.02 Å². The van der Waals surface area contributed by atoms with Crippen molar-refractivity contribution in [3.05, 3.63) is 26.8 Å². The Kier molecular flexibility index (Phi) is 2.18. The van der Waals surface area contributed by atoms with E-state index in [9.17, 15) is 0 Å². The quantitative estimate of drug-likeness (QED) is 0.706. The van der Waals surface area contributed by atoms with Crippen LogP contribution in [0.3, 0.4) is 0 Å². The average Bonchev–Trinajstić information content (AvgIpc) is 1.59. The van der Waals surface area contributed by atoms with E-state index in [-0.39, 0.29) is 5.75 Å². The molecule has 3 heteroatoms. The molecule has 1 aromatic rings. The summed E-state index contributed by atoms with van der Waals surface area (Å²) in [6, 6.07) is 4.93. The highest BCUT2D eigenvalue weighted by atomic mass is 127. The van der Waals surface area contributed by atoms with Gasteiger partial charge in [-0.05, 0) is 40.8 Å². The summed E-state index contributed by atoms with van der Waals surface area (Å²) >= 11 is 7.67. The molecule has 1 rings (SSSR count). The summed E-state index contributed by atoms with van der Waals surface area (Å²) in [5.74, 6) is 0.215. The summed E-state index contributed by atoms with van der Waals surface area (Å²) in [6.07, 6.45) is 0. The Morgan fingerprint density at radius 3 is 2.44 bits per heavy atom. The van der Waals surface area contributed by atoms with Crippen molar-refractivity contribution in [3.8, 4) is 5.75 Å². The SMILES string of the molecule is Oc1cc(Cl)cc(I)c1. The molecule has 1 N–H and O–H groups in total. The molecule has 0 fully saturated rings. The normalized spacial score (nSPS) is 9.56. The standard InChI is InChI=1S/C6H4ClIO/c7-4-1-5(8)3-6(9)2-4/h1-3,9H. The van der Waals surface area contributed by atoms with Gasteiger partial charge in [-0.25, -0.2) is 0 Å². The van der Waals surface area contributed by atoms with Crippen LogP contribution in [0.25, 0.3) is 0 Å². The molecular weight excluding hydrogens is 250 g/mol. The van der Waals surface area contributed by atoms with Crippen LogP contribution in [0.15, 0.2) is 18.2 Å². The van der Waals surface area contributed by atoms with E-state index in [4.69, 9.17) is 16.7 Å². The fourth-order valence-corrected chi connectivity index (χ4v) is 1.61. The highest BCUT2D eigenvalue weighted by Gasteiger charge is 1.92. The fourth-order valence-electron chi connectivity index (χ4n) is 0.539. The van der Waals surface area contributed by atoms with Crippen LogP contribution in [0.4, 0.5) is 0 Å². The van der Waals surface area contributed by atoms with Gasteiger partial charge in [-0.2, -0.15) is 0 Å². The van der Waals surface area contributed by atoms with Crippen molar-refractivity contribution in [2.24, 2.45) is 0 Å². The number of rotatable bonds is 0. The van der Waals surface area contributed by atoms with Gasteiger partial charge in [0.25, 0.3) is 0 Å². The maximum Gasteiger partial charge on any atom is 0.118 e. The van der Waals surface area contributed by atoms with Gasteiger partial charge in [0.1, 0.15) is 5.75 Å². The summed E-state index contributed by atoms with van der Waals surface area (Å²) in [5.41, 5.74) is 0. The van der Waals surface area contributed by atoms with Gasteiger partial charge >= 0.3 is 0 Å². The lowest BCUT2D eigenvalue weighted by molar-refractivity contribution is 0.475. The predicted molar refractivity (Wildman–Crippen MR) is 45.8 cm³/mol. The summed E-state index contributed by atoms with van der Waals surface area (Å²) in [6.45, 7) is 0. The first-order valence-corrected chi connectivity index (χ1v) is 3.79. The molecular formula is C6H4ClIO. The van der Waals surface area contributed by atoms with Crippen LogP contribution in [0.1, 0.15) is 0 Å². The van der Waals surface area contributed by atoms with Crippen molar-refractivity contribution < 1.29 is 5.11 Å². The monoisotopic (exact) mass is 254 g/mol. The number of phenols is 1. The van der Waals surface area contributed by atoms with E-state index in [1.54, 1.807) is 12.1 Å². The van der Waals surface area contributed by atoms with Crippen LogP contribution in [0, 0.1) is 3.57 Å². The smallest absolute Gasteiger partial charge is 0.118 e. The van der Waals surface area contributed by atoms with Crippen molar-refractivity contribution in [3.63, 3.8) is 0 Å². The van der Waals surface area contributed by atoms with Gasteiger partial charge in [-0.1, -0.05) is 11.6 Å². The Hall–Kier alpha value is 0.0400. The Bertz CT molecular complexity index is 174. The highest BCUT2D eigenvalue weighted by Crippen LogP contribution is 2.20. The first kappa shape index (κ1) is 7.15. The van der Waals surface area contributed by atoms with Crippen LogP contribution in [-0.4, -0.2) is 5.11 Å². The molecule has 9 heavy (non-hydrogen) atoms. The van der Waals surface area contributed by atoms with E-state index in [1.807, 2.05) is 0 Å². The van der Waals surface area contributed by atoms with E-state index in [2.05, 4.69) is 22.6 Å². The van der Waals surface area contributed by atoms with Gasteiger partial charge < -0.3 is 5.11 Å². The summed E-state index contributed by atoms with van der Waals surface area (Å²) in [4.78, 5) is 0. The Labute approximate surface area is 71.8 Å². The second kappa shape index (κ2) is 2.75. The van der Waals surface area contributed by atoms with Crippen LogP contribution in [-0.2, 0) is 0 Å². The topological polar surface area (TPSA) is 20.2 Å². The molecule has 48 valence electrons. The minimum absolute atomic E-state index is 0.215. The molecule has 0 spiro atoms. The maximum atomic E-state index is 8.90. The number of benzene rings is 1. The zero-order valence-electron chi connectivity index (χ0n) is 4.44. The number of halogens is 2. The molecule has 0 aliphatic heterocycles. The second-order valence-corrected chi connectivity index (χ2v) is 3.31. The first-order chi connectivity index (χ1) is 4.18. The van der Waals surface area contributed by atoms with E-state index in [0.717, 1.165) is 3.57 Å². The Morgan fingerprint density at radius 2 is 2.00 bits per heavy atom. The van der Waals surface area contributed by atoms with Crippen molar-refractivity contribution in [2.45, 2.75) is 0 Å². The zero-order valence-corrected chi connectivity index (χ0v) is 7.35. The molecule has 0 saturated carbocycles. The number of hydrogen-bond donors (Lipinski definition) is 1. The van der Waals surface area contributed by atoms with Crippen molar-refractivity contribution in [1.29, 1.82) is 0 Å². The third kappa shape index (κ3) is 2.02. The number of hydrogen-bond acceptors (Lipinski definition) is 1. The first-order valence-electron chi connectivity index (χ1n) is 2.33. The molecule has 0 aliphatic rings. The molecule has 1 aromatic carbocycles. The molecule has 0 aliphatic carbocycles. The third-order valence-corrected chi connectivity index (χ3v) is 1.69. The fraction of sp³-hybridized carbons (Fsp3) is 0. The molecule has 0 atom stereocenters. The Balaban J connectivity index is 3.17. The lowest BCUT2D eigenvalue weighted by Gasteiger charge is -1.93. The van der Waals surface area contributed by atoms with E-state index in [0.29, 0.717) is 5.02 Å². The van der Waals surface area contributed by atoms with Crippen LogP contribution >= 0.6 is 34.2 Å². The molecule has 0 saturated heterocycles. The zero-order chi connectivity index (χ0) is 6.85. The largest absolute Gasteiger partial charge is 0.508 e. The van der Waals surface area contributed by atoms with E-state index < -0.39 is 0 Å². The number of phenolic OH excluding ortho intramolecular Hbond substituents is 1. The summed E-state index contributed by atoms with van der Waals surface area (Å²) < 4.78 is 0.942. The molecule has 0 unspecified atom stereocenters. The van der Waals surface area contributed by atoms with Gasteiger partial charge in [-0.3, -0.25) is 0 Å². The van der Waals surface area contributed by atoms with Gasteiger partial charge in [0.2, 0.25) is 0 Å². The third-order valence-electron chi connectivity index (χ3n) is 0.847. The maximum absolute atomic E-state index is 8.90. The van der Waals surface area contributed by atoms with E-state index >= 15 is 0 Å². The minimum Gasteiger partial charge on any atom is -0.508 e. The lowest BCUT2D eigenvalue weighted by atomic mass is 10.3. The van der Waals surface area contributed by atoms with Crippen molar-refractivity contribution in [2.75, 3.05) is 0 Å². The van der Waals surface area contributed by atoms with Gasteiger partial charge in [-0.15, -0.1) is 0 Å².